The van der Waals surface area contributed by atoms with Gasteiger partial charge in [-0.15, -0.1) is 0 Å². The van der Waals surface area contributed by atoms with Crippen LogP contribution in [0.1, 0.15) is 18.9 Å². The van der Waals surface area contributed by atoms with Crippen LogP contribution in [0.5, 0.6) is 0 Å². The number of carbonyl (C=O) groups excluding carboxylic acids is 2. The molecule has 0 saturated carbocycles. The van der Waals surface area contributed by atoms with E-state index in [0.717, 1.165) is 22.6 Å². The molecule has 0 heterocycles. The van der Waals surface area contributed by atoms with Crippen molar-refractivity contribution in [2.45, 2.75) is 20.3 Å². The second kappa shape index (κ2) is 8.72. The third kappa shape index (κ3) is 5.23. The lowest BCUT2D eigenvalue weighted by atomic mass is 10.1. The maximum atomic E-state index is 12.3. The molecule has 2 rings (SSSR count). The fourth-order valence-corrected chi connectivity index (χ4v) is 2.77. The van der Waals surface area contributed by atoms with Crippen molar-refractivity contribution in [3.8, 4) is 0 Å². The van der Waals surface area contributed by atoms with Crippen LogP contribution in [0.25, 0.3) is 0 Å². The highest BCUT2D eigenvalue weighted by molar-refractivity contribution is 6.31. The smallest absolute Gasteiger partial charge is 0.226 e. The summed E-state index contributed by atoms with van der Waals surface area (Å²) in [6.07, 6.45) is 0.195. The predicted molar refractivity (Wildman–Crippen MR) is 108 cm³/mol. The Kier molecular flexibility index (Phi) is 6.64. The lowest BCUT2D eigenvalue weighted by molar-refractivity contribution is -0.117. The molecule has 5 nitrogen and oxygen atoms in total. The number of amides is 2. The second-order valence-electron chi connectivity index (χ2n) is 6.34. The number of carbonyl (C=O) groups is 2. The fourth-order valence-electron chi connectivity index (χ4n) is 2.60. The Hall–Kier alpha value is -2.53. The van der Waals surface area contributed by atoms with Gasteiger partial charge in [0.05, 0.1) is 0 Å². The maximum Gasteiger partial charge on any atom is 0.226 e. The number of halogens is 1. The Morgan fingerprint density at radius 3 is 2.31 bits per heavy atom. The summed E-state index contributed by atoms with van der Waals surface area (Å²) in [7, 11) is 3.92. The molecular weight excluding hydrogens is 350 g/mol. The molecular formula is C20H24ClN3O2. The normalized spacial score (nSPS) is 10.3. The SMILES string of the molecule is CC(=O)N(CCC(=O)Nc1ccc(N(C)C)cc1)c1cc(Cl)ccc1C. The van der Waals surface area contributed by atoms with Crippen molar-refractivity contribution in [3.63, 3.8) is 0 Å². The Bertz CT molecular complexity index is 788. The predicted octanol–water partition coefficient (Wildman–Crippen LogP) is 4.10. The van der Waals surface area contributed by atoms with Gasteiger partial charge in [0.2, 0.25) is 11.8 Å². The summed E-state index contributed by atoms with van der Waals surface area (Å²) in [4.78, 5) is 27.9. The summed E-state index contributed by atoms with van der Waals surface area (Å²) in [5.74, 6) is -0.271. The summed E-state index contributed by atoms with van der Waals surface area (Å²) < 4.78 is 0. The highest BCUT2D eigenvalue weighted by Crippen LogP contribution is 2.25. The van der Waals surface area contributed by atoms with E-state index in [1.165, 1.54) is 6.92 Å². The molecule has 0 aliphatic carbocycles. The molecule has 0 aromatic heterocycles. The number of nitrogens with one attached hydrogen (secondary N) is 1. The van der Waals surface area contributed by atoms with Gasteiger partial charge in [-0.05, 0) is 48.9 Å². The summed E-state index contributed by atoms with van der Waals surface area (Å²) in [5.41, 5.74) is 3.45. The molecule has 0 fully saturated rings. The molecule has 2 aromatic carbocycles. The lowest BCUT2D eigenvalue weighted by Crippen LogP contribution is -2.32. The van der Waals surface area contributed by atoms with Gasteiger partial charge in [-0.2, -0.15) is 0 Å². The van der Waals surface area contributed by atoms with Crippen molar-refractivity contribution < 1.29 is 9.59 Å². The van der Waals surface area contributed by atoms with Crippen LogP contribution in [0.3, 0.4) is 0 Å². The molecule has 0 spiro atoms. The zero-order valence-electron chi connectivity index (χ0n) is 15.5. The summed E-state index contributed by atoms with van der Waals surface area (Å²) in [5, 5.41) is 3.42. The quantitative estimate of drug-likeness (QED) is 0.829. The van der Waals surface area contributed by atoms with Crippen LogP contribution in [0, 0.1) is 6.92 Å². The number of aryl methyl sites for hydroxylation is 1. The van der Waals surface area contributed by atoms with Crippen LogP contribution in [0.15, 0.2) is 42.5 Å². The Labute approximate surface area is 159 Å². The topological polar surface area (TPSA) is 52.7 Å². The van der Waals surface area contributed by atoms with Crippen LogP contribution in [0.4, 0.5) is 17.1 Å². The molecule has 2 aromatic rings. The van der Waals surface area contributed by atoms with Crippen molar-refractivity contribution >= 4 is 40.5 Å². The first kappa shape index (κ1) is 19.8. The third-order valence-electron chi connectivity index (χ3n) is 4.07. The van der Waals surface area contributed by atoms with E-state index in [-0.39, 0.29) is 24.8 Å². The van der Waals surface area contributed by atoms with Gasteiger partial charge >= 0.3 is 0 Å². The molecule has 6 heteroatoms. The Morgan fingerprint density at radius 1 is 1.08 bits per heavy atom. The van der Waals surface area contributed by atoms with E-state index < -0.39 is 0 Å². The van der Waals surface area contributed by atoms with Gasteiger partial charge in [0.1, 0.15) is 0 Å². The fraction of sp³-hybridized carbons (Fsp3) is 0.300. The Morgan fingerprint density at radius 2 is 1.73 bits per heavy atom. The highest BCUT2D eigenvalue weighted by Gasteiger charge is 2.16. The average Bonchev–Trinajstić information content (AvgIpc) is 2.58. The summed E-state index contributed by atoms with van der Waals surface area (Å²) >= 11 is 6.05. The third-order valence-corrected chi connectivity index (χ3v) is 4.31. The Balaban J connectivity index is 2.01. The first-order valence-electron chi connectivity index (χ1n) is 8.39. The van der Waals surface area contributed by atoms with Crippen LogP contribution in [0.2, 0.25) is 5.02 Å². The first-order valence-corrected chi connectivity index (χ1v) is 8.77. The molecule has 0 atom stereocenters. The van der Waals surface area contributed by atoms with Crippen molar-refractivity contribution in [1.82, 2.24) is 0 Å². The highest BCUT2D eigenvalue weighted by atomic mass is 35.5. The lowest BCUT2D eigenvalue weighted by Gasteiger charge is -2.23. The molecule has 26 heavy (non-hydrogen) atoms. The molecule has 0 unspecified atom stereocenters. The van der Waals surface area contributed by atoms with Crippen molar-refractivity contribution in [1.29, 1.82) is 0 Å². The average molecular weight is 374 g/mol. The molecule has 2 amide bonds. The van der Waals surface area contributed by atoms with E-state index in [9.17, 15) is 9.59 Å². The van der Waals surface area contributed by atoms with E-state index in [2.05, 4.69) is 5.32 Å². The van der Waals surface area contributed by atoms with Crippen molar-refractivity contribution in [2.24, 2.45) is 0 Å². The zero-order valence-corrected chi connectivity index (χ0v) is 16.3. The van der Waals surface area contributed by atoms with Gasteiger partial charge in [0.25, 0.3) is 0 Å². The summed E-state index contributed by atoms with van der Waals surface area (Å²) in [6, 6.07) is 13.0. The van der Waals surface area contributed by atoms with E-state index in [0.29, 0.717) is 5.02 Å². The van der Waals surface area contributed by atoms with Gasteiger partial charge in [-0.25, -0.2) is 0 Å². The number of anilines is 3. The number of nitrogens with zero attached hydrogens (tertiary/aromatic N) is 2. The van der Waals surface area contributed by atoms with Gasteiger partial charge in [0, 0.05) is 56.1 Å². The minimum absolute atomic E-state index is 0.126. The molecule has 0 aliphatic rings. The summed E-state index contributed by atoms with van der Waals surface area (Å²) in [6.45, 7) is 3.68. The monoisotopic (exact) mass is 373 g/mol. The number of hydrogen-bond donors (Lipinski definition) is 1. The zero-order chi connectivity index (χ0) is 19.3. The van der Waals surface area contributed by atoms with Crippen LogP contribution >= 0.6 is 11.6 Å². The largest absolute Gasteiger partial charge is 0.378 e. The van der Waals surface area contributed by atoms with E-state index in [4.69, 9.17) is 11.6 Å². The van der Waals surface area contributed by atoms with Crippen molar-refractivity contribution in [3.05, 3.63) is 53.1 Å². The molecule has 1 N–H and O–H groups in total. The van der Waals surface area contributed by atoms with E-state index in [1.54, 1.807) is 17.0 Å². The van der Waals surface area contributed by atoms with E-state index >= 15 is 0 Å². The van der Waals surface area contributed by atoms with Crippen molar-refractivity contribution in [2.75, 3.05) is 35.8 Å². The minimum atomic E-state index is -0.145. The van der Waals surface area contributed by atoms with Gasteiger partial charge < -0.3 is 15.1 Å². The minimum Gasteiger partial charge on any atom is -0.378 e. The molecule has 0 saturated heterocycles. The molecule has 0 bridgehead atoms. The van der Waals surface area contributed by atoms with Crippen LogP contribution < -0.4 is 15.1 Å². The molecule has 0 aliphatic heterocycles. The van der Waals surface area contributed by atoms with Gasteiger partial charge in [0.15, 0.2) is 0 Å². The molecule has 138 valence electrons. The maximum absolute atomic E-state index is 12.3. The van der Waals surface area contributed by atoms with Gasteiger partial charge in [-0.3, -0.25) is 9.59 Å². The number of benzene rings is 2. The van der Waals surface area contributed by atoms with E-state index in [1.807, 2.05) is 56.3 Å². The van der Waals surface area contributed by atoms with Crippen LogP contribution in [-0.2, 0) is 9.59 Å². The van der Waals surface area contributed by atoms with Gasteiger partial charge in [-0.1, -0.05) is 17.7 Å². The second-order valence-corrected chi connectivity index (χ2v) is 6.78. The van der Waals surface area contributed by atoms with Crippen LogP contribution in [-0.4, -0.2) is 32.5 Å². The number of hydrogen-bond acceptors (Lipinski definition) is 3. The molecule has 0 radical (unpaired) electrons. The first-order chi connectivity index (χ1) is 12.3. The standard InChI is InChI=1S/C20H24ClN3O2/c1-14-5-6-16(21)13-19(14)24(15(2)25)12-11-20(26)22-17-7-9-18(10-8-17)23(3)4/h5-10,13H,11-12H2,1-4H3,(H,22,26). The number of rotatable bonds is 6.